The minimum absolute atomic E-state index is 0. The Kier molecular flexibility index (Phi) is 29.2. The molecular weight excluding hydrogens is 419 g/mol. The van der Waals surface area contributed by atoms with Gasteiger partial charge in [-0.25, -0.2) is 0 Å². The number of carbonyl (C=O) groups excluding carboxylic acids is 2. The quantitative estimate of drug-likeness (QED) is 0.334. The first-order valence-corrected chi connectivity index (χ1v) is 2.57. The van der Waals surface area contributed by atoms with Crippen LogP contribution in [0.15, 0.2) is 0 Å². The van der Waals surface area contributed by atoms with Crippen LogP contribution in [0.1, 0.15) is 6.42 Å². The molecule has 0 spiro atoms. The van der Waals surface area contributed by atoms with E-state index in [4.69, 9.17) is 0 Å². The van der Waals surface area contributed by atoms with Gasteiger partial charge in [0.05, 0.1) is 0 Å². The van der Waals surface area contributed by atoms with Gasteiger partial charge in [0.15, 0.2) is 0 Å². The summed E-state index contributed by atoms with van der Waals surface area (Å²) >= 11 is 4.15. The first-order valence-electron chi connectivity index (χ1n) is 2.10. The summed E-state index contributed by atoms with van der Waals surface area (Å²) in [4.78, 5) is 19.4. The van der Waals surface area contributed by atoms with E-state index in [-0.39, 0.29) is 125 Å². The molecule has 0 rings (SSSR count). The van der Waals surface area contributed by atoms with Gasteiger partial charge < -0.3 is 32.4 Å². The summed E-state index contributed by atoms with van der Waals surface area (Å²) in [6.45, 7) is 0. The molecule has 62 valence electrons. The molecule has 12 heavy (non-hydrogen) atoms. The number of carboxylic acid groups (broad SMARTS) is 2. The first kappa shape index (κ1) is 24.5. The van der Waals surface area contributed by atoms with E-state index in [2.05, 4.69) is 12.6 Å². The fourth-order valence-corrected chi connectivity index (χ4v) is 0.371. The van der Waals surface area contributed by atoms with Crippen molar-refractivity contribution in [3.8, 4) is 0 Å². The zero-order chi connectivity index (χ0) is 7.44. The Balaban J connectivity index is -0.000000107. The molecule has 0 amide bonds. The van der Waals surface area contributed by atoms with E-state index < -0.39 is 23.6 Å². The Labute approximate surface area is 176 Å². The average Bonchev–Trinajstić information content (AvgIpc) is 1.63. The Morgan fingerprint density at radius 2 is 1.58 bits per heavy atom. The third-order valence-electron chi connectivity index (χ3n) is 0.615. The minimum Gasteiger partial charge on any atom is -0.783 e. The molecule has 8 heteroatoms. The number of rotatable bonds is 3. The smallest absolute Gasteiger partial charge is 0.783 e. The number of hydrogen-bond donors (Lipinski definition) is 0. The van der Waals surface area contributed by atoms with Crippen molar-refractivity contribution >= 4 is 24.6 Å². The summed E-state index contributed by atoms with van der Waals surface area (Å²) in [5.41, 5.74) is 0. The van der Waals surface area contributed by atoms with E-state index in [0.717, 1.165) is 0 Å². The van der Waals surface area contributed by atoms with Crippen molar-refractivity contribution in [2.45, 2.75) is 11.7 Å². The van der Waals surface area contributed by atoms with Crippen LogP contribution in [0.2, 0.25) is 0 Å². The first-order chi connectivity index (χ1) is 4.04. The molecule has 0 N–H and O–H groups in total. The molecule has 0 aromatic rings. The molecular formula is C4H3AuK2O4S. The van der Waals surface area contributed by atoms with Crippen molar-refractivity contribution in [2.75, 3.05) is 0 Å². The fraction of sp³-hybridized carbons (Fsp3) is 0.500. The average molecular weight is 422 g/mol. The van der Waals surface area contributed by atoms with Crippen molar-refractivity contribution < 1.29 is 145 Å². The molecule has 0 heterocycles. The maximum Gasteiger partial charge on any atom is 1.00 e. The monoisotopic (exact) mass is 422 g/mol. The van der Waals surface area contributed by atoms with Crippen LogP contribution in [0.3, 0.4) is 0 Å². The number of carboxylic acids is 2. The van der Waals surface area contributed by atoms with Gasteiger partial charge in [0.1, 0.15) is 0 Å². The van der Waals surface area contributed by atoms with Gasteiger partial charge in [-0.2, -0.15) is 0 Å². The summed E-state index contributed by atoms with van der Waals surface area (Å²) in [5, 5.41) is 18.0. The van der Waals surface area contributed by atoms with Crippen LogP contribution < -0.4 is 113 Å². The zero-order valence-corrected chi connectivity index (χ0v) is 15.9. The van der Waals surface area contributed by atoms with E-state index in [1.807, 2.05) is 0 Å². The van der Waals surface area contributed by atoms with Crippen molar-refractivity contribution in [3.63, 3.8) is 0 Å². The van der Waals surface area contributed by atoms with E-state index in [9.17, 15) is 19.8 Å². The van der Waals surface area contributed by atoms with Gasteiger partial charge in [-0.05, 0) is 6.42 Å². The van der Waals surface area contributed by atoms with Crippen LogP contribution in [-0.4, -0.2) is 17.2 Å². The molecule has 0 saturated carbocycles. The van der Waals surface area contributed by atoms with Crippen LogP contribution in [0.25, 0.3) is 0 Å². The summed E-state index contributed by atoms with van der Waals surface area (Å²) in [7, 11) is 0. The molecule has 0 aliphatic carbocycles. The van der Waals surface area contributed by atoms with Crippen molar-refractivity contribution in [1.29, 1.82) is 0 Å². The zero-order valence-electron chi connectivity index (χ0n) is 6.63. The topological polar surface area (TPSA) is 80.3 Å². The third-order valence-corrected chi connectivity index (χ3v) is 0.974. The van der Waals surface area contributed by atoms with Gasteiger partial charge in [-0.1, -0.05) is 0 Å². The molecule has 0 saturated heterocycles. The summed E-state index contributed by atoms with van der Waals surface area (Å²) in [6, 6.07) is 0. The Morgan fingerprint density at radius 3 is 1.67 bits per heavy atom. The summed E-state index contributed by atoms with van der Waals surface area (Å²) in [5.74, 6) is -3.02. The molecule has 0 aromatic heterocycles. The normalized spacial score (nSPS) is 9.42. The second-order valence-corrected chi connectivity index (χ2v) is 1.95. The molecule has 1 atom stereocenters. The molecule has 0 radical (unpaired) electrons. The maximum atomic E-state index is 9.73. The second-order valence-electron chi connectivity index (χ2n) is 1.38. The molecule has 0 aromatic carbocycles. The van der Waals surface area contributed by atoms with Gasteiger partial charge in [0.2, 0.25) is 0 Å². The van der Waals surface area contributed by atoms with Gasteiger partial charge in [0, 0.05) is 11.9 Å². The largest absolute Gasteiger partial charge is 1.00 e. The molecule has 0 aliphatic rings. The Hall–Kier alpha value is 3.30. The summed E-state index contributed by atoms with van der Waals surface area (Å²) in [6.07, 6.45) is -0.669. The van der Waals surface area contributed by atoms with Crippen LogP contribution in [0.4, 0.5) is 0 Å². The van der Waals surface area contributed by atoms with E-state index in [1.165, 1.54) is 0 Å². The molecule has 0 bridgehead atoms. The predicted octanol–water partition coefficient (Wildman–Crippen LogP) is -9.20. The van der Waals surface area contributed by atoms with Crippen LogP contribution >= 0.6 is 0 Å². The number of aliphatic carboxylic acids is 2. The molecule has 0 fully saturated rings. The maximum absolute atomic E-state index is 9.73. The Bertz CT molecular complexity index is 145. The van der Waals surface area contributed by atoms with Gasteiger partial charge in [0.25, 0.3) is 0 Å². The van der Waals surface area contributed by atoms with Gasteiger partial charge in [-0.3, -0.25) is 0 Å². The third kappa shape index (κ3) is 15.8. The van der Waals surface area contributed by atoms with Gasteiger partial charge >= 0.3 is 125 Å². The molecule has 0 aliphatic heterocycles. The van der Waals surface area contributed by atoms with Gasteiger partial charge in [-0.15, -0.1) is 5.25 Å². The van der Waals surface area contributed by atoms with Crippen molar-refractivity contribution in [1.82, 2.24) is 0 Å². The number of hydrogen-bond acceptors (Lipinski definition) is 5. The molecule has 1 unspecified atom stereocenters. The predicted molar refractivity (Wildman–Crippen MR) is 25.8 cm³/mol. The van der Waals surface area contributed by atoms with Crippen LogP contribution in [-0.2, 0) is 44.6 Å². The Morgan fingerprint density at radius 1 is 1.25 bits per heavy atom. The van der Waals surface area contributed by atoms with E-state index in [0.29, 0.717) is 0 Å². The SMILES string of the molecule is O=C([O-])CC([S-])C(=O)[O-].[Au+].[K+].[K+]. The summed E-state index contributed by atoms with van der Waals surface area (Å²) < 4.78 is 0. The standard InChI is InChI=1S/C4H6O4S.Au.2K/c5-3(6)1-2(9)4(7)8;;;/h2,9H,1H2,(H,5,6)(H,7,8);;;/q;3*+1/p-3. The van der Waals surface area contributed by atoms with Crippen molar-refractivity contribution in [2.24, 2.45) is 0 Å². The van der Waals surface area contributed by atoms with Crippen molar-refractivity contribution in [3.05, 3.63) is 0 Å². The van der Waals surface area contributed by atoms with Crippen LogP contribution in [0.5, 0.6) is 0 Å². The fourth-order valence-electron chi connectivity index (χ4n) is 0.235. The van der Waals surface area contributed by atoms with E-state index in [1.54, 1.807) is 0 Å². The second kappa shape index (κ2) is 14.3. The molecule has 4 nitrogen and oxygen atoms in total. The minimum atomic E-state index is -1.55. The van der Waals surface area contributed by atoms with E-state index >= 15 is 0 Å². The number of carbonyl (C=O) groups is 2. The van der Waals surface area contributed by atoms with Crippen LogP contribution in [0, 0.1) is 0 Å².